The van der Waals surface area contributed by atoms with Crippen LogP contribution in [0, 0.1) is 0 Å². The maximum atomic E-state index is 12.0. The lowest BCUT2D eigenvalue weighted by molar-refractivity contribution is -0.116. The van der Waals surface area contributed by atoms with Crippen molar-refractivity contribution in [3.63, 3.8) is 0 Å². The third kappa shape index (κ3) is 5.59. The number of carbonyl (C=O) groups excluding carboxylic acids is 1. The number of rotatable bonds is 9. The number of anilines is 1. The predicted octanol–water partition coefficient (Wildman–Crippen LogP) is 3.21. The van der Waals surface area contributed by atoms with Gasteiger partial charge in [-0.05, 0) is 36.8 Å². The molecule has 0 aromatic heterocycles. The van der Waals surface area contributed by atoms with E-state index >= 15 is 0 Å². The molecular weight excluding hydrogens is 304 g/mol. The Morgan fingerprint density at radius 2 is 1.83 bits per heavy atom. The zero-order chi connectivity index (χ0) is 17.2. The highest BCUT2D eigenvalue weighted by molar-refractivity contribution is 5.92. The van der Waals surface area contributed by atoms with Crippen molar-refractivity contribution < 1.29 is 14.3 Å². The molecule has 0 unspecified atom stereocenters. The second-order valence-electron chi connectivity index (χ2n) is 5.25. The molecule has 2 aromatic carbocycles. The lowest BCUT2D eigenvalue weighted by Crippen LogP contribution is -2.21. The van der Waals surface area contributed by atoms with E-state index in [0.717, 1.165) is 11.3 Å². The quantitative estimate of drug-likeness (QED) is 0.694. The van der Waals surface area contributed by atoms with Gasteiger partial charge in [0.1, 0.15) is 11.5 Å². The van der Waals surface area contributed by atoms with Gasteiger partial charge >= 0.3 is 0 Å². The predicted molar refractivity (Wildman–Crippen MR) is 95.6 cm³/mol. The minimum absolute atomic E-state index is 0.0376. The van der Waals surface area contributed by atoms with Gasteiger partial charge in [0, 0.05) is 19.5 Å². The van der Waals surface area contributed by atoms with Crippen molar-refractivity contribution in [2.75, 3.05) is 25.6 Å². The summed E-state index contributed by atoms with van der Waals surface area (Å²) in [6, 6.07) is 15.3. The molecule has 5 nitrogen and oxygen atoms in total. The molecule has 0 heterocycles. The van der Waals surface area contributed by atoms with E-state index in [1.807, 2.05) is 55.5 Å². The van der Waals surface area contributed by atoms with Gasteiger partial charge in [-0.3, -0.25) is 4.79 Å². The summed E-state index contributed by atoms with van der Waals surface area (Å²) in [5.74, 6) is 1.50. The third-order valence-corrected chi connectivity index (χ3v) is 3.48. The molecule has 128 valence electrons. The van der Waals surface area contributed by atoms with E-state index in [0.29, 0.717) is 37.6 Å². The van der Waals surface area contributed by atoms with Crippen molar-refractivity contribution >= 4 is 11.6 Å². The smallest absolute Gasteiger partial charge is 0.225 e. The van der Waals surface area contributed by atoms with E-state index in [2.05, 4.69) is 10.6 Å². The molecule has 0 saturated carbocycles. The Balaban J connectivity index is 1.73. The average molecular weight is 328 g/mol. The van der Waals surface area contributed by atoms with Gasteiger partial charge in [0.15, 0.2) is 0 Å². The SMILES string of the molecule is CCOc1ccccc1NC(=O)CCNCc1ccc(OC)cc1. The van der Waals surface area contributed by atoms with Crippen LogP contribution >= 0.6 is 0 Å². The number of nitrogens with one attached hydrogen (secondary N) is 2. The Bertz CT molecular complexity index is 641. The summed E-state index contributed by atoms with van der Waals surface area (Å²) in [6.07, 6.45) is 0.399. The van der Waals surface area contributed by atoms with E-state index < -0.39 is 0 Å². The molecule has 24 heavy (non-hydrogen) atoms. The molecule has 0 aliphatic rings. The normalized spacial score (nSPS) is 10.2. The van der Waals surface area contributed by atoms with Crippen LogP contribution < -0.4 is 20.1 Å². The summed E-state index contributed by atoms with van der Waals surface area (Å²) in [5.41, 5.74) is 1.86. The highest BCUT2D eigenvalue weighted by Gasteiger charge is 2.07. The average Bonchev–Trinajstić information content (AvgIpc) is 2.61. The lowest BCUT2D eigenvalue weighted by Gasteiger charge is -2.11. The van der Waals surface area contributed by atoms with Crippen LogP contribution in [0.25, 0.3) is 0 Å². The molecule has 5 heteroatoms. The Hall–Kier alpha value is -2.53. The maximum absolute atomic E-state index is 12.0. The number of benzene rings is 2. The Morgan fingerprint density at radius 3 is 2.54 bits per heavy atom. The molecule has 2 aromatic rings. The fourth-order valence-electron chi connectivity index (χ4n) is 2.24. The van der Waals surface area contributed by atoms with Crippen LogP contribution in [0.4, 0.5) is 5.69 Å². The van der Waals surface area contributed by atoms with Gasteiger partial charge in [-0.25, -0.2) is 0 Å². The second kappa shape index (κ2) is 9.57. The number of para-hydroxylation sites is 2. The third-order valence-electron chi connectivity index (χ3n) is 3.48. The molecule has 2 N–H and O–H groups in total. The van der Waals surface area contributed by atoms with Crippen LogP contribution in [0.2, 0.25) is 0 Å². The molecule has 0 fully saturated rings. The van der Waals surface area contributed by atoms with E-state index in [4.69, 9.17) is 9.47 Å². The molecule has 0 saturated heterocycles. The van der Waals surface area contributed by atoms with Gasteiger partial charge in [0.25, 0.3) is 0 Å². The highest BCUT2D eigenvalue weighted by Crippen LogP contribution is 2.23. The minimum atomic E-state index is -0.0376. The van der Waals surface area contributed by atoms with Crippen LogP contribution in [0.5, 0.6) is 11.5 Å². The first-order chi connectivity index (χ1) is 11.7. The topological polar surface area (TPSA) is 59.6 Å². The second-order valence-corrected chi connectivity index (χ2v) is 5.25. The van der Waals surface area contributed by atoms with Crippen LogP contribution in [-0.2, 0) is 11.3 Å². The molecule has 0 spiro atoms. The minimum Gasteiger partial charge on any atom is -0.497 e. The summed E-state index contributed by atoms with van der Waals surface area (Å²) in [5, 5.41) is 6.15. The Kier molecular flexibility index (Phi) is 7.11. The van der Waals surface area contributed by atoms with Crippen molar-refractivity contribution in [3.05, 3.63) is 54.1 Å². The first-order valence-corrected chi connectivity index (χ1v) is 8.08. The van der Waals surface area contributed by atoms with Crippen molar-refractivity contribution in [1.29, 1.82) is 0 Å². The van der Waals surface area contributed by atoms with E-state index in [1.165, 1.54) is 0 Å². The van der Waals surface area contributed by atoms with Crippen LogP contribution in [0.15, 0.2) is 48.5 Å². The monoisotopic (exact) mass is 328 g/mol. The Labute approximate surface area is 143 Å². The van der Waals surface area contributed by atoms with E-state index in [9.17, 15) is 4.79 Å². The number of amides is 1. The van der Waals surface area contributed by atoms with E-state index in [-0.39, 0.29) is 5.91 Å². The van der Waals surface area contributed by atoms with Crippen molar-refractivity contribution in [1.82, 2.24) is 5.32 Å². The number of carbonyl (C=O) groups is 1. The number of ether oxygens (including phenoxy) is 2. The highest BCUT2D eigenvalue weighted by atomic mass is 16.5. The van der Waals surface area contributed by atoms with Crippen LogP contribution in [0.1, 0.15) is 18.9 Å². The molecule has 0 radical (unpaired) electrons. The number of hydrogen-bond donors (Lipinski definition) is 2. The van der Waals surface area contributed by atoms with Gasteiger partial charge in [-0.2, -0.15) is 0 Å². The maximum Gasteiger partial charge on any atom is 0.225 e. The molecule has 0 aliphatic heterocycles. The van der Waals surface area contributed by atoms with Crippen molar-refractivity contribution in [3.8, 4) is 11.5 Å². The van der Waals surface area contributed by atoms with Crippen molar-refractivity contribution in [2.24, 2.45) is 0 Å². The standard InChI is InChI=1S/C19H24N2O3/c1-3-24-18-7-5-4-6-17(18)21-19(22)12-13-20-14-15-8-10-16(23-2)11-9-15/h4-11,20H,3,12-14H2,1-2H3,(H,21,22). The molecule has 2 rings (SSSR count). The fraction of sp³-hybridized carbons (Fsp3) is 0.316. The number of hydrogen-bond acceptors (Lipinski definition) is 4. The molecule has 0 bridgehead atoms. The first kappa shape index (κ1) is 17.8. The van der Waals surface area contributed by atoms with Gasteiger partial charge < -0.3 is 20.1 Å². The number of methoxy groups -OCH3 is 1. The summed E-state index contributed by atoms with van der Waals surface area (Å²) >= 11 is 0. The lowest BCUT2D eigenvalue weighted by atomic mass is 10.2. The Morgan fingerprint density at radius 1 is 1.08 bits per heavy atom. The molecule has 0 aliphatic carbocycles. The van der Waals surface area contributed by atoms with E-state index in [1.54, 1.807) is 7.11 Å². The molecule has 0 atom stereocenters. The zero-order valence-corrected chi connectivity index (χ0v) is 14.2. The summed E-state index contributed by atoms with van der Waals surface area (Å²) in [6.45, 7) is 3.81. The molecule has 1 amide bonds. The molecular formula is C19H24N2O3. The summed E-state index contributed by atoms with van der Waals surface area (Å²) < 4.78 is 10.6. The largest absolute Gasteiger partial charge is 0.497 e. The summed E-state index contributed by atoms with van der Waals surface area (Å²) in [7, 11) is 1.65. The van der Waals surface area contributed by atoms with Crippen LogP contribution in [-0.4, -0.2) is 26.2 Å². The van der Waals surface area contributed by atoms with Gasteiger partial charge in [-0.15, -0.1) is 0 Å². The fourth-order valence-corrected chi connectivity index (χ4v) is 2.24. The van der Waals surface area contributed by atoms with Gasteiger partial charge in [0.05, 0.1) is 19.4 Å². The summed E-state index contributed by atoms with van der Waals surface area (Å²) in [4.78, 5) is 12.0. The van der Waals surface area contributed by atoms with Gasteiger partial charge in [-0.1, -0.05) is 24.3 Å². The first-order valence-electron chi connectivity index (χ1n) is 8.08. The zero-order valence-electron chi connectivity index (χ0n) is 14.2. The van der Waals surface area contributed by atoms with Gasteiger partial charge in [0.2, 0.25) is 5.91 Å². The van der Waals surface area contributed by atoms with Crippen molar-refractivity contribution in [2.45, 2.75) is 19.9 Å². The van der Waals surface area contributed by atoms with Crippen LogP contribution in [0.3, 0.4) is 0 Å².